The van der Waals surface area contributed by atoms with Crippen molar-refractivity contribution in [1.29, 1.82) is 0 Å². The van der Waals surface area contributed by atoms with Gasteiger partial charge in [0.1, 0.15) is 11.5 Å². The van der Waals surface area contributed by atoms with Crippen LogP contribution in [0.25, 0.3) is 0 Å². The fraction of sp³-hybridized carbons (Fsp3) is 0.615. The van der Waals surface area contributed by atoms with Gasteiger partial charge >= 0.3 is 0 Å². The Bertz CT molecular complexity index is 429. The number of amides is 1. The molecule has 1 fully saturated rings. The summed E-state index contributed by atoms with van der Waals surface area (Å²) in [6.07, 6.45) is 6.02. The first-order chi connectivity index (χ1) is 9.19. The van der Waals surface area contributed by atoms with E-state index in [-0.39, 0.29) is 23.5 Å². The number of piperidine rings is 1. The number of carbonyl (C=O) groups is 1. The van der Waals surface area contributed by atoms with Crippen LogP contribution in [0, 0.1) is 0 Å². The normalized spacial score (nSPS) is 17.3. The van der Waals surface area contributed by atoms with Gasteiger partial charge in [-0.05, 0) is 25.8 Å². The van der Waals surface area contributed by atoms with Crippen LogP contribution in [0.3, 0.4) is 0 Å². The Kier molecular flexibility index (Phi) is 4.68. The van der Waals surface area contributed by atoms with Gasteiger partial charge in [-0.3, -0.25) is 9.78 Å². The van der Waals surface area contributed by atoms with Gasteiger partial charge in [0, 0.05) is 19.1 Å². The molecule has 6 nitrogen and oxygen atoms in total. The molecule has 1 aromatic rings. The molecule has 1 aliphatic heterocycles. The van der Waals surface area contributed by atoms with Crippen LogP contribution in [-0.2, 0) is 0 Å². The average Bonchev–Trinajstić information content (AvgIpc) is 2.41. The van der Waals surface area contributed by atoms with Gasteiger partial charge in [-0.15, -0.1) is 0 Å². The zero-order valence-electron chi connectivity index (χ0n) is 11.3. The summed E-state index contributed by atoms with van der Waals surface area (Å²) in [6.45, 7) is 5.41. The minimum absolute atomic E-state index is 0.186. The predicted octanol–water partition coefficient (Wildman–Crippen LogP) is 0.663. The van der Waals surface area contributed by atoms with E-state index in [1.165, 1.54) is 18.8 Å². The van der Waals surface area contributed by atoms with Gasteiger partial charge in [-0.25, -0.2) is 4.98 Å². The number of hydrogen-bond acceptors (Lipinski definition) is 5. The Morgan fingerprint density at radius 3 is 2.84 bits per heavy atom. The molecule has 2 heterocycles. The highest BCUT2D eigenvalue weighted by molar-refractivity contribution is 5.92. The molecule has 0 spiro atoms. The van der Waals surface area contributed by atoms with Crippen molar-refractivity contribution in [1.82, 2.24) is 20.2 Å². The minimum Gasteiger partial charge on any atom is -0.382 e. The first-order valence-electron chi connectivity index (χ1n) is 6.79. The van der Waals surface area contributed by atoms with E-state index in [0.29, 0.717) is 0 Å². The second-order valence-corrected chi connectivity index (χ2v) is 4.92. The first-order valence-corrected chi connectivity index (χ1v) is 6.79. The third-order valence-corrected chi connectivity index (χ3v) is 3.35. The Labute approximate surface area is 113 Å². The van der Waals surface area contributed by atoms with E-state index in [0.717, 1.165) is 32.5 Å². The molecule has 0 unspecified atom stereocenters. The van der Waals surface area contributed by atoms with E-state index in [2.05, 4.69) is 27.1 Å². The largest absolute Gasteiger partial charge is 0.382 e. The monoisotopic (exact) mass is 263 g/mol. The number of hydrogen-bond donors (Lipinski definition) is 2. The maximum atomic E-state index is 12.0. The van der Waals surface area contributed by atoms with Crippen molar-refractivity contribution in [2.45, 2.75) is 32.2 Å². The SMILES string of the molecule is CCCN1CCC(NC(=O)c2cncc(N)n2)CC1. The molecule has 1 amide bonds. The van der Waals surface area contributed by atoms with E-state index in [9.17, 15) is 4.79 Å². The molecule has 19 heavy (non-hydrogen) atoms. The van der Waals surface area contributed by atoms with Crippen LogP contribution < -0.4 is 11.1 Å². The maximum Gasteiger partial charge on any atom is 0.271 e. The number of likely N-dealkylation sites (tertiary alicyclic amines) is 1. The number of carbonyl (C=O) groups excluding carboxylic acids is 1. The van der Waals surface area contributed by atoms with Crippen LogP contribution in [0.5, 0.6) is 0 Å². The molecule has 1 aliphatic rings. The molecule has 3 N–H and O–H groups in total. The quantitative estimate of drug-likeness (QED) is 0.834. The van der Waals surface area contributed by atoms with Crippen molar-refractivity contribution in [2.24, 2.45) is 0 Å². The summed E-state index contributed by atoms with van der Waals surface area (Å²) in [5.41, 5.74) is 5.81. The summed E-state index contributed by atoms with van der Waals surface area (Å²) < 4.78 is 0. The fourth-order valence-electron chi connectivity index (χ4n) is 2.37. The molecule has 2 rings (SSSR count). The number of nitrogens with one attached hydrogen (secondary N) is 1. The summed E-state index contributed by atoms with van der Waals surface area (Å²) in [5.74, 6) is 0.0826. The third-order valence-electron chi connectivity index (χ3n) is 3.35. The second-order valence-electron chi connectivity index (χ2n) is 4.92. The van der Waals surface area contributed by atoms with Crippen LogP contribution in [0.4, 0.5) is 5.82 Å². The lowest BCUT2D eigenvalue weighted by Gasteiger charge is -2.31. The first kappa shape index (κ1) is 13.7. The van der Waals surface area contributed by atoms with Crippen LogP contribution >= 0.6 is 0 Å². The molecule has 0 atom stereocenters. The molecule has 6 heteroatoms. The summed E-state index contributed by atoms with van der Waals surface area (Å²) in [4.78, 5) is 22.3. The molecule has 0 aromatic carbocycles. The van der Waals surface area contributed by atoms with Gasteiger partial charge < -0.3 is 16.0 Å². The number of nitrogen functional groups attached to an aromatic ring is 1. The van der Waals surface area contributed by atoms with Gasteiger partial charge in [-0.1, -0.05) is 6.92 Å². The molecule has 0 radical (unpaired) electrons. The summed E-state index contributed by atoms with van der Waals surface area (Å²) in [6, 6.07) is 0.226. The molecule has 0 saturated carbocycles. The Balaban J connectivity index is 1.84. The van der Waals surface area contributed by atoms with E-state index in [1.807, 2.05) is 0 Å². The predicted molar refractivity (Wildman–Crippen MR) is 73.7 cm³/mol. The Morgan fingerprint density at radius 2 is 2.21 bits per heavy atom. The van der Waals surface area contributed by atoms with E-state index in [4.69, 9.17) is 5.73 Å². The molecule has 0 bridgehead atoms. The van der Waals surface area contributed by atoms with Crippen molar-refractivity contribution in [3.8, 4) is 0 Å². The van der Waals surface area contributed by atoms with Crippen molar-refractivity contribution >= 4 is 11.7 Å². The fourth-order valence-corrected chi connectivity index (χ4v) is 2.37. The van der Waals surface area contributed by atoms with Gasteiger partial charge in [0.05, 0.1) is 12.4 Å². The highest BCUT2D eigenvalue weighted by atomic mass is 16.1. The van der Waals surface area contributed by atoms with Crippen molar-refractivity contribution in [2.75, 3.05) is 25.4 Å². The Hall–Kier alpha value is -1.69. The standard InChI is InChI=1S/C13H21N5O/c1-2-5-18-6-3-10(4-7-18)16-13(19)11-8-15-9-12(14)17-11/h8-10H,2-7H2,1H3,(H2,14,17)(H,16,19). The third kappa shape index (κ3) is 3.89. The molecule has 1 aromatic heterocycles. The summed E-state index contributed by atoms with van der Waals surface area (Å²) in [7, 11) is 0. The molecular formula is C13H21N5O. The smallest absolute Gasteiger partial charge is 0.271 e. The topological polar surface area (TPSA) is 84.1 Å². The van der Waals surface area contributed by atoms with E-state index in [1.54, 1.807) is 0 Å². The number of anilines is 1. The Morgan fingerprint density at radius 1 is 1.47 bits per heavy atom. The lowest BCUT2D eigenvalue weighted by molar-refractivity contribution is 0.0906. The van der Waals surface area contributed by atoms with E-state index < -0.39 is 0 Å². The van der Waals surface area contributed by atoms with Crippen molar-refractivity contribution in [3.63, 3.8) is 0 Å². The lowest BCUT2D eigenvalue weighted by Crippen LogP contribution is -2.45. The van der Waals surface area contributed by atoms with Crippen LogP contribution in [-0.4, -0.2) is 46.5 Å². The van der Waals surface area contributed by atoms with Gasteiger partial charge in [-0.2, -0.15) is 0 Å². The zero-order valence-corrected chi connectivity index (χ0v) is 11.3. The van der Waals surface area contributed by atoms with Crippen molar-refractivity contribution < 1.29 is 4.79 Å². The minimum atomic E-state index is -0.186. The molecule has 0 aliphatic carbocycles. The van der Waals surface area contributed by atoms with Gasteiger partial charge in [0.25, 0.3) is 5.91 Å². The van der Waals surface area contributed by atoms with Crippen molar-refractivity contribution in [3.05, 3.63) is 18.1 Å². The molecular weight excluding hydrogens is 242 g/mol. The summed E-state index contributed by atoms with van der Waals surface area (Å²) in [5, 5.41) is 3.00. The number of nitrogens with zero attached hydrogens (tertiary/aromatic N) is 3. The van der Waals surface area contributed by atoms with E-state index >= 15 is 0 Å². The highest BCUT2D eigenvalue weighted by Gasteiger charge is 2.21. The number of rotatable bonds is 4. The number of aromatic nitrogens is 2. The van der Waals surface area contributed by atoms with Gasteiger partial charge in [0.2, 0.25) is 0 Å². The lowest BCUT2D eigenvalue weighted by atomic mass is 10.0. The van der Waals surface area contributed by atoms with Crippen LogP contribution in [0.2, 0.25) is 0 Å². The van der Waals surface area contributed by atoms with Crippen LogP contribution in [0.15, 0.2) is 12.4 Å². The zero-order chi connectivity index (χ0) is 13.7. The second kappa shape index (κ2) is 6.47. The highest BCUT2D eigenvalue weighted by Crippen LogP contribution is 2.11. The van der Waals surface area contributed by atoms with Gasteiger partial charge in [0.15, 0.2) is 0 Å². The summed E-state index contributed by atoms with van der Waals surface area (Å²) >= 11 is 0. The molecule has 104 valence electrons. The maximum absolute atomic E-state index is 12.0. The molecule has 1 saturated heterocycles. The average molecular weight is 263 g/mol. The number of nitrogens with two attached hydrogens (primary N) is 1. The van der Waals surface area contributed by atoms with Crippen LogP contribution in [0.1, 0.15) is 36.7 Å².